The summed E-state index contributed by atoms with van der Waals surface area (Å²) in [6.45, 7) is 1.50. The number of fused-ring (bicyclic) bond motifs is 2. The molecule has 3 unspecified atom stereocenters. The standard InChI is InChI=1S/C22H17N3O8S2/c1-2-32-14(26)10-23-21-18(35-22(23)29)15(13-4-3-9-33-13)16-17(34-21)20(28)24(19(16)27)11-5-7-12(8-6-11)25(30)31/h3-9,15-17H,2,10H2,1H3. The van der Waals surface area contributed by atoms with Crippen molar-refractivity contribution in [2.75, 3.05) is 11.5 Å². The van der Waals surface area contributed by atoms with Gasteiger partial charge in [0.05, 0.1) is 45.2 Å². The average Bonchev–Trinajstić information content (AvgIpc) is 3.52. The van der Waals surface area contributed by atoms with Gasteiger partial charge in [0.1, 0.15) is 17.6 Å². The van der Waals surface area contributed by atoms with E-state index in [4.69, 9.17) is 9.15 Å². The smallest absolute Gasteiger partial charge is 0.326 e. The fraction of sp³-hybridized carbons (Fsp3) is 0.273. The van der Waals surface area contributed by atoms with Crippen molar-refractivity contribution in [3.05, 3.63) is 73.1 Å². The van der Waals surface area contributed by atoms with E-state index in [0.29, 0.717) is 15.7 Å². The number of nitro groups is 1. The van der Waals surface area contributed by atoms with Crippen molar-refractivity contribution in [1.29, 1.82) is 0 Å². The Balaban J connectivity index is 1.59. The SMILES string of the molecule is CCOC(=O)Cn1c2c(sc1=O)C(c1ccco1)C1C(=O)N(c3ccc([N+](=O)[O-])cc3)C(=O)C1S2. The average molecular weight is 516 g/mol. The molecule has 1 saturated heterocycles. The van der Waals surface area contributed by atoms with Crippen LogP contribution >= 0.6 is 23.1 Å². The van der Waals surface area contributed by atoms with Crippen LogP contribution in [-0.2, 0) is 25.7 Å². The summed E-state index contributed by atoms with van der Waals surface area (Å²) in [7, 11) is 0. The number of aromatic nitrogens is 1. The Morgan fingerprint density at radius 2 is 1.91 bits per heavy atom. The molecule has 3 atom stereocenters. The van der Waals surface area contributed by atoms with Gasteiger partial charge in [-0.2, -0.15) is 0 Å². The summed E-state index contributed by atoms with van der Waals surface area (Å²) < 4.78 is 11.9. The highest BCUT2D eigenvalue weighted by atomic mass is 32.2. The van der Waals surface area contributed by atoms with Crippen LogP contribution in [0.5, 0.6) is 0 Å². The van der Waals surface area contributed by atoms with Crippen molar-refractivity contribution in [3.8, 4) is 0 Å². The zero-order chi connectivity index (χ0) is 24.9. The van der Waals surface area contributed by atoms with E-state index in [1.807, 2.05) is 0 Å². The summed E-state index contributed by atoms with van der Waals surface area (Å²) >= 11 is 1.96. The molecule has 13 heteroatoms. The summed E-state index contributed by atoms with van der Waals surface area (Å²) in [6, 6.07) is 8.48. The molecule has 2 aliphatic heterocycles. The predicted octanol–water partition coefficient (Wildman–Crippen LogP) is 2.77. The number of ether oxygens (including phenoxy) is 1. The van der Waals surface area contributed by atoms with E-state index in [1.165, 1.54) is 35.1 Å². The highest BCUT2D eigenvalue weighted by Crippen LogP contribution is 2.53. The number of hydrogen-bond acceptors (Lipinski definition) is 10. The normalized spacial score (nSPS) is 21.1. The van der Waals surface area contributed by atoms with Crippen LogP contribution in [0.15, 0.2) is 56.9 Å². The molecule has 1 fully saturated rings. The fourth-order valence-corrected chi connectivity index (χ4v) is 7.10. The maximum atomic E-state index is 13.6. The molecule has 0 bridgehead atoms. The van der Waals surface area contributed by atoms with E-state index in [9.17, 15) is 29.3 Å². The number of thiazole rings is 1. The van der Waals surface area contributed by atoms with Crippen molar-refractivity contribution in [2.24, 2.45) is 5.92 Å². The third kappa shape index (κ3) is 3.76. The van der Waals surface area contributed by atoms with Crippen LogP contribution in [0, 0.1) is 16.0 Å². The van der Waals surface area contributed by atoms with Crippen LogP contribution in [-0.4, -0.2) is 39.1 Å². The van der Waals surface area contributed by atoms with Crippen molar-refractivity contribution in [2.45, 2.75) is 29.7 Å². The molecule has 2 amide bonds. The van der Waals surface area contributed by atoms with E-state index in [0.717, 1.165) is 28.0 Å². The number of imide groups is 1. The molecule has 11 nitrogen and oxygen atoms in total. The van der Waals surface area contributed by atoms with Gasteiger partial charge in [0, 0.05) is 12.1 Å². The lowest BCUT2D eigenvalue weighted by molar-refractivity contribution is -0.384. The Morgan fingerprint density at radius 1 is 1.17 bits per heavy atom. The molecule has 0 aliphatic carbocycles. The number of thioether (sulfide) groups is 1. The molecule has 5 rings (SSSR count). The first kappa shape index (κ1) is 23.1. The second-order valence-corrected chi connectivity index (χ2v) is 9.89. The number of amides is 2. The molecule has 2 aliphatic rings. The second kappa shape index (κ2) is 8.82. The third-order valence-corrected chi connectivity index (χ3v) is 8.41. The quantitative estimate of drug-likeness (QED) is 0.210. The van der Waals surface area contributed by atoms with Gasteiger partial charge < -0.3 is 9.15 Å². The Morgan fingerprint density at radius 3 is 2.54 bits per heavy atom. The first-order valence-electron chi connectivity index (χ1n) is 10.5. The van der Waals surface area contributed by atoms with Crippen LogP contribution in [0.1, 0.15) is 23.5 Å². The number of non-ortho nitro benzene ring substituents is 1. The van der Waals surface area contributed by atoms with Crippen LogP contribution in [0.2, 0.25) is 0 Å². The fourth-order valence-electron chi connectivity index (χ4n) is 4.34. The maximum absolute atomic E-state index is 13.6. The van der Waals surface area contributed by atoms with E-state index in [-0.39, 0.29) is 24.5 Å². The third-order valence-electron chi connectivity index (χ3n) is 5.81. The number of hydrogen-bond donors (Lipinski definition) is 0. The molecule has 0 spiro atoms. The predicted molar refractivity (Wildman–Crippen MR) is 124 cm³/mol. The number of carbonyl (C=O) groups excluding carboxylic acids is 3. The van der Waals surface area contributed by atoms with Crippen LogP contribution in [0.25, 0.3) is 0 Å². The maximum Gasteiger partial charge on any atom is 0.326 e. The molecular formula is C22H17N3O8S2. The van der Waals surface area contributed by atoms with Crippen LogP contribution < -0.4 is 9.77 Å². The molecule has 0 N–H and O–H groups in total. The minimum absolute atomic E-state index is 0.157. The molecule has 35 heavy (non-hydrogen) atoms. The topological polar surface area (TPSA) is 142 Å². The van der Waals surface area contributed by atoms with Gasteiger partial charge in [-0.25, -0.2) is 4.90 Å². The highest BCUT2D eigenvalue weighted by Gasteiger charge is 2.57. The number of anilines is 1. The van der Waals surface area contributed by atoms with E-state index in [1.54, 1.807) is 19.1 Å². The number of benzene rings is 1. The van der Waals surface area contributed by atoms with Gasteiger partial charge in [-0.15, -0.1) is 0 Å². The number of esters is 1. The lowest BCUT2D eigenvalue weighted by atomic mass is 9.87. The number of furan rings is 1. The molecule has 180 valence electrons. The first-order chi connectivity index (χ1) is 16.8. The summed E-state index contributed by atoms with van der Waals surface area (Å²) in [5, 5.41) is 10.5. The van der Waals surface area contributed by atoms with Gasteiger partial charge in [0.2, 0.25) is 11.8 Å². The molecule has 1 aromatic carbocycles. The van der Waals surface area contributed by atoms with E-state index in [2.05, 4.69) is 0 Å². The largest absolute Gasteiger partial charge is 0.469 e. The number of rotatable bonds is 6. The zero-order valence-corrected chi connectivity index (χ0v) is 19.7. The molecular weight excluding hydrogens is 498 g/mol. The van der Waals surface area contributed by atoms with Crippen LogP contribution in [0.3, 0.4) is 0 Å². The molecule has 0 radical (unpaired) electrons. The van der Waals surface area contributed by atoms with Gasteiger partial charge in [-0.3, -0.25) is 33.9 Å². The van der Waals surface area contributed by atoms with Gasteiger partial charge in [0.15, 0.2) is 0 Å². The Kier molecular flexibility index (Phi) is 5.81. The molecule has 0 saturated carbocycles. The molecule has 2 aromatic heterocycles. The lowest BCUT2D eigenvalue weighted by Crippen LogP contribution is -2.32. The summed E-state index contributed by atoms with van der Waals surface area (Å²) in [6.07, 6.45) is 1.44. The minimum Gasteiger partial charge on any atom is -0.469 e. The van der Waals surface area contributed by atoms with E-state index < -0.39 is 44.7 Å². The first-order valence-corrected chi connectivity index (χ1v) is 12.2. The Hall–Kier alpha value is -3.71. The Labute approximate surface area is 205 Å². The van der Waals surface area contributed by atoms with Gasteiger partial charge in [0.25, 0.3) is 5.69 Å². The van der Waals surface area contributed by atoms with Gasteiger partial charge >= 0.3 is 10.8 Å². The number of carbonyl (C=O) groups is 3. The summed E-state index contributed by atoms with van der Waals surface area (Å²) in [5.74, 6) is -2.76. The van der Waals surface area contributed by atoms with E-state index >= 15 is 0 Å². The lowest BCUT2D eigenvalue weighted by Gasteiger charge is -2.28. The van der Waals surface area contributed by atoms with Crippen LogP contribution in [0.4, 0.5) is 11.4 Å². The second-order valence-electron chi connectivity index (χ2n) is 7.77. The van der Waals surface area contributed by atoms with Crippen molar-refractivity contribution in [1.82, 2.24) is 4.57 Å². The molecule has 3 aromatic rings. The van der Waals surface area contributed by atoms with Crippen molar-refractivity contribution < 1.29 is 28.5 Å². The van der Waals surface area contributed by atoms with Crippen molar-refractivity contribution in [3.63, 3.8) is 0 Å². The summed E-state index contributed by atoms with van der Waals surface area (Å²) in [4.78, 5) is 63.6. The monoisotopic (exact) mass is 515 g/mol. The highest BCUT2D eigenvalue weighted by molar-refractivity contribution is 8.00. The Bertz CT molecular complexity index is 1390. The van der Waals surface area contributed by atoms with Gasteiger partial charge in [-0.05, 0) is 31.2 Å². The van der Waals surface area contributed by atoms with Crippen molar-refractivity contribution >= 4 is 52.3 Å². The van der Waals surface area contributed by atoms with Gasteiger partial charge in [-0.1, -0.05) is 23.1 Å². The number of nitro benzene ring substituents is 1. The zero-order valence-electron chi connectivity index (χ0n) is 18.1. The summed E-state index contributed by atoms with van der Waals surface area (Å²) in [5.41, 5.74) is 0.0457. The number of nitrogens with zero attached hydrogens (tertiary/aromatic N) is 3. The minimum atomic E-state index is -0.886. The molecule has 4 heterocycles.